The molecule has 0 aliphatic carbocycles. The van der Waals surface area contributed by atoms with Crippen molar-refractivity contribution >= 4 is 39.5 Å². The first-order valence-corrected chi connectivity index (χ1v) is 10.6. The second-order valence-corrected chi connectivity index (χ2v) is 7.76. The Bertz CT molecular complexity index is 1240. The lowest BCUT2D eigenvalue weighted by atomic mass is 10.00. The Labute approximate surface area is 184 Å². The first-order chi connectivity index (χ1) is 15.1. The Morgan fingerprint density at radius 3 is 2.71 bits per heavy atom. The fourth-order valence-corrected chi connectivity index (χ4v) is 4.53. The van der Waals surface area contributed by atoms with Gasteiger partial charge in [0.25, 0.3) is 5.56 Å². The van der Waals surface area contributed by atoms with Crippen molar-refractivity contribution in [1.82, 2.24) is 9.55 Å². The van der Waals surface area contributed by atoms with Gasteiger partial charge in [-0.25, -0.2) is 4.98 Å². The minimum Gasteiger partial charge on any atom is -0.379 e. The fourth-order valence-electron chi connectivity index (χ4n) is 3.68. The number of aryl methyl sites for hydroxylation is 1. The topological polar surface area (TPSA) is 107 Å². The summed E-state index contributed by atoms with van der Waals surface area (Å²) in [6.07, 6.45) is 8.18. The lowest BCUT2D eigenvalue weighted by Crippen LogP contribution is -2.29. The maximum absolute atomic E-state index is 12.9. The number of benzene rings is 1. The van der Waals surface area contributed by atoms with Crippen molar-refractivity contribution in [3.05, 3.63) is 82.1 Å². The summed E-state index contributed by atoms with van der Waals surface area (Å²) in [5.41, 5.74) is 14.4. The van der Waals surface area contributed by atoms with E-state index in [1.54, 1.807) is 18.2 Å². The Kier molecular flexibility index (Phi) is 6.84. The highest BCUT2D eigenvalue weighted by molar-refractivity contribution is 7.20. The number of aldehydes is 1. The van der Waals surface area contributed by atoms with E-state index >= 15 is 0 Å². The summed E-state index contributed by atoms with van der Waals surface area (Å²) >= 11 is 1.21. The molecule has 1 aliphatic rings. The molecule has 0 saturated carbocycles. The Balaban J connectivity index is 0.00000132. The van der Waals surface area contributed by atoms with Crippen LogP contribution < -0.4 is 21.9 Å². The third-order valence-corrected chi connectivity index (χ3v) is 5.91. The van der Waals surface area contributed by atoms with E-state index in [1.165, 1.54) is 28.5 Å². The standard InChI is InChI=1S/C22H20N4O2S.CH5N/c1-3-6-15(4-2)25-10-5-7-14-8-9-16(11-18(14)25)26-19-12-17(13-27)29-21(19)24-20(23)22(26)28;1-2/h3-4,6,8-9,11-13H,1-2,5,7,10H2,(H2,23,24);2H2,1H3/b15-6+;. The molecule has 0 saturated heterocycles. The van der Waals surface area contributed by atoms with E-state index < -0.39 is 5.56 Å². The number of allylic oxidation sites excluding steroid dienone is 3. The molecule has 3 heterocycles. The number of rotatable bonds is 5. The zero-order valence-corrected chi connectivity index (χ0v) is 18.2. The van der Waals surface area contributed by atoms with Crippen LogP contribution in [0.15, 0.2) is 66.1 Å². The van der Waals surface area contributed by atoms with Gasteiger partial charge in [-0.2, -0.15) is 0 Å². The Morgan fingerprint density at radius 2 is 2.03 bits per heavy atom. The quantitative estimate of drug-likeness (QED) is 0.470. The second-order valence-electron chi connectivity index (χ2n) is 6.69. The van der Waals surface area contributed by atoms with Gasteiger partial charge < -0.3 is 16.4 Å². The number of carbonyl (C=O) groups is 1. The van der Waals surface area contributed by atoms with Crippen molar-refractivity contribution in [1.29, 1.82) is 0 Å². The fraction of sp³-hybridized carbons (Fsp3) is 0.174. The monoisotopic (exact) mass is 435 g/mol. The van der Waals surface area contributed by atoms with Gasteiger partial charge in [-0.3, -0.25) is 14.2 Å². The molecule has 160 valence electrons. The number of hydrogen-bond donors (Lipinski definition) is 2. The molecule has 0 radical (unpaired) electrons. The van der Waals surface area contributed by atoms with Gasteiger partial charge >= 0.3 is 0 Å². The average Bonchev–Trinajstić information content (AvgIpc) is 3.21. The van der Waals surface area contributed by atoms with Crippen LogP contribution >= 0.6 is 11.3 Å². The van der Waals surface area contributed by atoms with Crippen LogP contribution in [-0.2, 0) is 6.42 Å². The number of carbonyl (C=O) groups excluding carboxylic acids is 1. The predicted octanol–water partition coefficient (Wildman–Crippen LogP) is 3.43. The molecule has 8 heteroatoms. The molecular formula is C23H25N5O2S. The van der Waals surface area contributed by atoms with E-state index in [4.69, 9.17) is 5.73 Å². The number of thiophene rings is 1. The van der Waals surface area contributed by atoms with Crippen LogP contribution in [0.2, 0.25) is 0 Å². The number of aromatic nitrogens is 2. The smallest absolute Gasteiger partial charge is 0.298 e. The summed E-state index contributed by atoms with van der Waals surface area (Å²) in [7, 11) is 1.50. The maximum Gasteiger partial charge on any atom is 0.298 e. The van der Waals surface area contributed by atoms with E-state index in [2.05, 4.69) is 28.8 Å². The number of fused-ring (bicyclic) bond motifs is 2. The van der Waals surface area contributed by atoms with E-state index in [9.17, 15) is 9.59 Å². The van der Waals surface area contributed by atoms with Gasteiger partial charge in [0.05, 0.1) is 16.1 Å². The molecule has 4 N–H and O–H groups in total. The van der Waals surface area contributed by atoms with Gasteiger partial charge in [0.1, 0.15) is 4.83 Å². The normalized spacial score (nSPS) is 13.2. The zero-order valence-electron chi connectivity index (χ0n) is 17.4. The van der Waals surface area contributed by atoms with Crippen LogP contribution in [-0.4, -0.2) is 29.4 Å². The molecule has 7 nitrogen and oxygen atoms in total. The molecule has 0 bridgehead atoms. The van der Waals surface area contributed by atoms with Crippen LogP contribution in [0.4, 0.5) is 11.5 Å². The summed E-state index contributed by atoms with van der Waals surface area (Å²) in [5, 5.41) is 0. The predicted molar refractivity (Wildman–Crippen MR) is 129 cm³/mol. The van der Waals surface area contributed by atoms with E-state index in [0.717, 1.165) is 37.1 Å². The van der Waals surface area contributed by atoms with Crippen LogP contribution in [0.1, 0.15) is 21.7 Å². The summed E-state index contributed by atoms with van der Waals surface area (Å²) in [6.45, 7) is 8.55. The SMILES string of the molecule is C=C/C=C(\C=C)N1CCCc2ccc(-n3c(=O)c(N)nc4sc(C=O)cc43)cc21.CN. The van der Waals surface area contributed by atoms with E-state index in [-0.39, 0.29) is 5.82 Å². The molecule has 2 aromatic heterocycles. The van der Waals surface area contributed by atoms with E-state index in [0.29, 0.717) is 20.9 Å². The molecule has 0 fully saturated rings. The summed E-state index contributed by atoms with van der Waals surface area (Å²) in [4.78, 5) is 31.5. The molecule has 3 aromatic rings. The van der Waals surface area contributed by atoms with E-state index in [1.807, 2.05) is 24.3 Å². The second kappa shape index (κ2) is 9.55. The van der Waals surface area contributed by atoms with Gasteiger partial charge in [0, 0.05) is 17.9 Å². The van der Waals surface area contributed by atoms with Crippen molar-refractivity contribution < 1.29 is 4.79 Å². The number of nitrogen functional groups attached to an aromatic ring is 1. The summed E-state index contributed by atoms with van der Waals surface area (Å²) < 4.78 is 1.53. The Hall–Kier alpha value is -3.49. The highest BCUT2D eigenvalue weighted by Gasteiger charge is 2.21. The number of nitrogens with zero attached hydrogens (tertiary/aromatic N) is 3. The molecule has 4 rings (SSSR count). The van der Waals surface area contributed by atoms with Gasteiger partial charge in [-0.1, -0.05) is 25.3 Å². The molecule has 0 amide bonds. The molecule has 0 spiro atoms. The van der Waals surface area contributed by atoms with Crippen LogP contribution in [0.5, 0.6) is 0 Å². The van der Waals surface area contributed by atoms with Crippen molar-refractivity contribution in [3.63, 3.8) is 0 Å². The third-order valence-electron chi connectivity index (χ3n) is 4.97. The summed E-state index contributed by atoms with van der Waals surface area (Å²) in [6, 6.07) is 7.59. The van der Waals surface area contributed by atoms with Gasteiger partial charge in [0.15, 0.2) is 12.1 Å². The van der Waals surface area contributed by atoms with Crippen LogP contribution in [0.25, 0.3) is 16.0 Å². The average molecular weight is 436 g/mol. The van der Waals surface area contributed by atoms with Crippen LogP contribution in [0.3, 0.4) is 0 Å². The van der Waals surface area contributed by atoms with Gasteiger partial charge in [-0.05, 0) is 55.8 Å². The van der Waals surface area contributed by atoms with Gasteiger partial charge in [0.2, 0.25) is 0 Å². The van der Waals surface area contributed by atoms with Crippen molar-refractivity contribution in [2.45, 2.75) is 12.8 Å². The first kappa shape index (κ1) is 22.2. The Morgan fingerprint density at radius 1 is 1.26 bits per heavy atom. The minimum atomic E-state index is -0.402. The zero-order chi connectivity index (χ0) is 22.5. The first-order valence-electron chi connectivity index (χ1n) is 9.78. The largest absolute Gasteiger partial charge is 0.379 e. The lowest BCUT2D eigenvalue weighted by molar-refractivity contribution is 0.112. The minimum absolute atomic E-state index is 0.0929. The number of nitrogens with two attached hydrogens (primary N) is 2. The maximum atomic E-state index is 12.9. The van der Waals surface area contributed by atoms with Crippen molar-refractivity contribution in [2.24, 2.45) is 5.73 Å². The summed E-state index contributed by atoms with van der Waals surface area (Å²) in [5.74, 6) is -0.0929. The lowest BCUT2D eigenvalue weighted by Gasteiger charge is -2.32. The third kappa shape index (κ3) is 4.08. The van der Waals surface area contributed by atoms with Crippen molar-refractivity contribution in [2.75, 3.05) is 24.2 Å². The molecule has 31 heavy (non-hydrogen) atoms. The molecule has 1 aromatic carbocycles. The highest BCUT2D eigenvalue weighted by Crippen LogP contribution is 2.33. The number of anilines is 2. The molecule has 0 atom stereocenters. The molecule has 0 unspecified atom stereocenters. The molecular weight excluding hydrogens is 410 g/mol. The molecule has 1 aliphatic heterocycles. The van der Waals surface area contributed by atoms with Gasteiger partial charge in [-0.15, -0.1) is 11.3 Å². The van der Waals surface area contributed by atoms with Crippen LogP contribution in [0, 0.1) is 0 Å². The number of hydrogen-bond acceptors (Lipinski definition) is 7. The van der Waals surface area contributed by atoms with Crippen molar-refractivity contribution in [3.8, 4) is 5.69 Å². The highest BCUT2D eigenvalue weighted by atomic mass is 32.1.